The molecule has 174 valence electrons. The first kappa shape index (κ1) is 19.6. The van der Waals surface area contributed by atoms with Gasteiger partial charge in [-0.15, -0.1) is 0 Å². The van der Waals surface area contributed by atoms with Crippen molar-refractivity contribution in [1.29, 1.82) is 0 Å². The molecular weight excluding hydrogens is 440 g/mol. The third-order valence-electron chi connectivity index (χ3n) is 10.3. The van der Waals surface area contributed by atoms with Gasteiger partial charge < -0.3 is 0 Å². The molecule has 36 heavy (non-hydrogen) atoms. The van der Waals surface area contributed by atoms with Gasteiger partial charge in [0.05, 0.1) is 0 Å². The molecule has 4 fully saturated rings. The van der Waals surface area contributed by atoms with E-state index in [1.54, 1.807) is 6.07 Å². The molecule has 0 saturated heterocycles. The first-order valence-electron chi connectivity index (χ1n) is 13.5. The van der Waals surface area contributed by atoms with Crippen molar-refractivity contribution in [3.8, 4) is 0 Å². The number of fused-ring (bicyclic) bond motifs is 4. The Labute approximate surface area is 208 Å². The summed E-state index contributed by atoms with van der Waals surface area (Å²) in [5.41, 5.74) is 1.70. The van der Waals surface area contributed by atoms with Crippen LogP contribution in [0.15, 0.2) is 76.3 Å². The van der Waals surface area contributed by atoms with Gasteiger partial charge in [-0.05, 0) is 106 Å². The highest BCUT2D eigenvalue weighted by Gasteiger charge is 2.52. The molecule has 4 saturated carbocycles. The summed E-state index contributed by atoms with van der Waals surface area (Å²) in [4.78, 5) is 27.3. The van der Waals surface area contributed by atoms with E-state index >= 15 is 0 Å². The van der Waals surface area contributed by atoms with Gasteiger partial charge in [-0.1, -0.05) is 54.6 Å². The van der Waals surface area contributed by atoms with E-state index in [0.717, 1.165) is 71.6 Å². The standard InChI is InChI=1S/C34H26O2/c35-28-11-9-26-29-21(6-3-7-25(28)29)23-8-10-27(34-15-18-12-19(16-34)14-20(13-18)17-34)32-31(23)30(26)22-4-1-2-5-24(22)33(32)36/h1-11,18-20H,12-17H2. The summed E-state index contributed by atoms with van der Waals surface area (Å²) in [6, 6.07) is 22.5. The summed E-state index contributed by atoms with van der Waals surface area (Å²) in [5, 5.41) is 10.1. The number of benzene rings is 6. The largest absolute Gasteiger partial charge is 0.289 e. The molecule has 4 aliphatic carbocycles. The maximum atomic E-state index is 14.4. The van der Waals surface area contributed by atoms with Gasteiger partial charge in [0.25, 0.3) is 0 Å². The summed E-state index contributed by atoms with van der Waals surface area (Å²) in [6.07, 6.45) is 7.88. The molecule has 0 radical (unpaired) electrons. The van der Waals surface area contributed by atoms with E-state index in [2.05, 4.69) is 24.3 Å². The predicted molar refractivity (Wildman–Crippen MR) is 149 cm³/mol. The molecule has 0 aliphatic heterocycles. The van der Waals surface area contributed by atoms with E-state index < -0.39 is 0 Å². The number of rotatable bonds is 1. The van der Waals surface area contributed by atoms with E-state index in [1.165, 1.54) is 44.1 Å². The van der Waals surface area contributed by atoms with Crippen molar-refractivity contribution in [3.05, 3.63) is 92.7 Å². The first-order valence-corrected chi connectivity index (χ1v) is 13.5. The van der Waals surface area contributed by atoms with Gasteiger partial charge in [0, 0.05) is 26.9 Å². The maximum Gasteiger partial charge on any atom is 0.194 e. The topological polar surface area (TPSA) is 34.1 Å². The summed E-state index contributed by atoms with van der Waals surface area (Å²) >= 11 is 0. The van der Waals surface area contributed by atoms with Gasteiger partial charge in [-0.3, -0.25) is 9.59 Å². The van der Waals surface area contributed by atoms with Crippen LogP contribution in [0, 0.1) is 17.8 Å². The Hall–Kier alpha value is -3.52. The lowest BCUT2D eigenvalue weighted by molar-refractivity contribution is -0.00450. The second-order valence-electron chi connectivity index (χ2n) is 12.2. The summed E-state index contributed by atoms with van der Waals surface area (Å²) < 4.78 is 0. The van der Waals surface area contributed by atoms with E-state index in [4.69, 9.17) is 0 Å². The molecule has 0 heterocycles. The fraction of sp³-hybridized carbons (Fsp3) is 0.294. The third kappa shape index (κ3) is 2.25. The van der Waals surface area contributed by atoms with Gasteiger partial charge in [0.15, 0.2) is 10.9 Å². The van der Waals surface area contributed by atoms with Crippen LogP contribution >= 0.6 is 0 Å². The zero-order valence-electron chi connectivity index (χ0n) is 20.1. The summed E-state index contributed by atoms with van der Waals surface area (Å²) in [7, 11) is 0. The van der Waals surface area contributed by atoms with Crippen LogP contribution < -0.4 is 10.9 Å². The Morgan fingerprint density at radius 3 is 1.83 bits per heavy atom. The van der Waals surface area contributed by atoms with Crippen LogP contribution in [0.2, 0.25) is 0 Å². The van der Waals surface area contributed by atoms with Crippen molar-refractivity contribution in [3.63, 3.8) is 0 Å². The minimum absolute atomic E-state index is 0.0604. The SMILES string of the molecule is O=c1ccc2c3c1cccc3c1ccc(C34CC5CC(CC(C5)C3)C4)c3c(=O)c4ccccc4c2c31. The normalized spacial score (nSPS) is 27.4. The van der Waals surface area contributed by atoms with Crippen LogP contribution in [-0.2, 0) is 5.41 Å². The highest BCUT2D eigenvalue weighted by molar-refractivity contribution is 6.38. The van der Waals surface area contributed by atoms with E-state index in [0.29, 0.717) is 0 Å². The van der Waals surface area contributed by atoms with Gasteiger partial charge in [0.2, 0.25) is 0 Å². The van der Waals surface area contributed by atoms with Gasteiger partial charge >= 0.3 is 0 Å². The molecule has 0 spiro atoms. The first-order chi connectivity index (χ1) is 17.6. The van der Waals surface area contributed by atoms with Gasteiger partial charge in [-0.2, -0.15) is 0 Å². The predicted octanol–water partition coefficient (Wildman–Crippen LogP) is 7.52. The van der Waals surface area contributed by atoms with Crippen LogP contribution in [0.25, 0.3) is 53.9 Å². The molecule has 0 atom stereocenters. The lowest BCUT2D eigenvalue weighted by atomic mass is 9.47. The van der Waals surface area contributed by atoms with Gasteiger partial charge in [-0.25, -0.2) is 0 Å². The fourth-order valence-electron chi connectivity index (χ4n) is 9.47. The van der Waals surface area contributed by atoms with Crippen LogP contribution in [0.4, 0.5) is 0 Å². The van der Waals surface area contributed by atoms with Crippen molar-refractivity contribution in [1.82, 2.24) is 0 Å². The average Bonchev–Trinajstić information content (AvgIpc) is 2.88. The minimum atomic E-state index is 0.0604. The highest BCUT2D eigenvalue weighted by atomic mass is 16.1. The Morgan fingerprint density at radius 1 is 0.500 bits per heavy atom. The lowest BCUT2D eigenvalue weighted by Gasteiger charge is -2.57. The fourth-order valence-corrected chi connectivity index (χ4v) is 9.47. The Bertz CT molecular complexity index is 1980. The Balaban J connectivity index is 1.55. The molecule has 4 bridgehead atoms. The van der Waals surface area contributed by atoms with Crippen molar-refractivity contribution in [2.75, 3.05) is 0 Å². The van der Waals surface area contributed by atoms with Gasteiger partial charge in [0.1, 0.15) is 0 Å². The van der Waals surface area contributed by atoms with Crippen LogP contribution in [0.5, 0.6) is 0 Å². The molecule has 4 aliphatic rings. The second kappa shape index (κ2) is 6.42. The average molecular weight is 467 g/mol. The number of hydrogen-bond acceptors (Lipinski definition) is 2. The van der Waals surface area contributed by atoms with Crippen LogP contribution in [0.1, 0.15) is 44.1 Å². The molecule has 0 N–H and O–H groups in total. The summed E-state index contributed by atoms with van der Waals surface area (Å²) in [5.74, 6) is 2.46. The molecule has 2 heteroatoms. The molecule has 0 amide bonds. The Kier molecular flexibility index (Phi) is 3.50. The van der Waals surface area contributed by atoms with Crippen molar-refractivity contribution >= 4 is 53.9 Å². The zero-order valence-corrected chi connectivity index (χ0v) is 20.1. The molecule has 6 aromatic carbocycles. The van der Waals surface area contributed by atoms with E-state index in [1.807, 2.05) is 36.4 Å². The number of hydrogen-bond donors (Lipinski definition) is 0. The molecule has 10 rings (SSSR count). The van der Waals surface area contributed by atoms with Crippen molar-refractivity contribution in [2.45, 2.75) is 43.9 Å². The van der Waals surface area contributed by atoms with E-state index in [9.17, 15) is 9.59 Å². The summed E-state index contributed by atoms with van der Waals surface area (Å²) in [6.45, 7) is 0. The molecular formula is C34H26O2. The van der Waals surface area contributed by atoms with E-state index in [-0.39, 0.29) is 16.3 Å². The smallest absolute Gasteiger partial charge is 0.194 e. The second-order valence-corrected chi connectivity index (χ2v) is 12.2. The zero-order chi connectivity index (χ0) is 23.8. The van der Waals surface area contributed by atoms with Crippen molar-refractivity contribution < 1.29 is 0 Å². The molecule has 0 aromatic heterocycles. The maximum absolute atomic E-state index is 14.4. The highest BCUT2D eigenvalue weighted by Crippen LogP contribution is 2.61. The molecule has 0 unspecified atom stereocenters. The lowest BCUT2D eigenvalue weighted by Crippen LogP contribution is -2.48. The quantitative estimate of drug-likeness (QED) is 0.186. The van der Waals surface area contributed by atoms with Crippen LogP contribution in [-0.4, -0.2) is 0 Å². The Morgan fingerprint density at radius 2 is 1.08 bits per heavy atom. The monoisotopic (exact) mass is 466 g/mol. The molecule has 6 aromatic rings. The third-order valence-corrected chi connectivity index (χ3v) is 10.3. The van der Waals surface area contributed by atoms with Crippen molar-refractivity contribution in [2.24, 2.45) is 17.8 Å². The van der Waals surface area contributed by atoms with Crippen LogP contribution in [0.3, 0.4) is 0 Å². The molecule has 2 nitrogen and oxygen atoms in total. The minimum Gasteiger partial charge on any atom is -0.289 e.